The zero-order valence-corrected chi connectivity index (χ0v) is 8.73. The Kier molecular flexibility index (Phi) is 2.36. The molecule has 0 saturated carbocycles. The number of aryl methyl sites for hydroxylation is 1. The van der Waals surface area contributed by atoms with Gasteiger partial charge in [0.15, 0.2) is 0 Å². The molecule has 1 amide bonds. The number of rotatable bonds is 0. The smallest absolute Gasteiger partial charge is 0.251 e. The van der Waals surface area contributed by atoms with E-state index in [1.165, 1.54) is 0 Å². The molecule has 2 rings (SSSR count). The van der Waals surface area contributed by atoms with Gasteiger partial charge in [0.2, 0.25) is 0 Å². The molecule has 1 aromatic rings. The standard InChI is InChI=1S/C10H10BrNO/c11-8-4-3-7-2-1-5-12-10(13)9(7)6-8/h3-4,6H,1-2,5H2,(H,12,13). The zero-order chi connectivity index (χ0) is 9.26. The van der Waals surface area contributed by atoms with Crippen LogP contribution in [0, 0.1) is 0 Å². The number of carbonyl (C=O) groups is 1. The minimum atomic E-state index is 0.0498. The molecule has 2 nitrogen and oxygen atoms in total. The molecule has 0 radical (unpaired) electrons. The van der Waals surface area contributed by atoms with Gasteiger partial charge in [0, 0.05) is 16.6 Å². The van der Waals surface area contributed by atoms with Gasteiger partial charge >= 0.3 is 0 Å². The average molecular weight is 240 g/mol. The van der Waals surface area contributed by atoms with Crippen LogP contribution in [-0.2, 0) is 6.42 Å². The van der Waals surface area contributed by atoms with Gasteiger partial charge in [0.1, 0.15) is 0 Å². The number of fused-ring (bicyclic) bond motifs is 1. The largest absolute Gasteiger partial charge is 0.352 e. The number of hydrogen-bond donors (Lipinski definition) is 1. The van der Waals surface area contributed by atoms with Gasteiger partial charge in [-0.3, -0.25) is 4.79 Å². The summed E-state index contributed by atoms with van der Waals surface area (Å²) >= 11 is 3.36. The molecule has 0 unspecified atom stereocenters. The van der Waals surface area contributed by atoms with Crippen LogP contribution in [0.15, 0.2) is 22.7 Å². The molecule has 0 atom stereocenters. The molecule has 0 spiro atoms. The van der Waals surface area contributed by atoms with E-state index in [0.717, 1.165) is 35.0 Å². The van der Waals surface area contributed by atoms with Gasteiger partial charge in [0.25, 0.3) is 5.91 Å². The first-order valence-electron chi connectivity index (χ1n) is 4.34. The van der Waals surface area contributed by atoms with Crippen LogP contribution in [0.1, 0.15) is 22.3 Å². The maximum atomic E-state index is 11.5. The maximum Gasteiger partial charge on any atom is 0.251 e. The summed E-state index contributed by atoms with van der Waals surface area (Å²) in [4.78, 5) is 11.5. The Morgan fingerprint density at radius 3 is 3.08 bits per heavy atom. The van der Waals surface area contributed by atoms with Crippen LogP contribution in [0.4, 0.5) is 0 Å². The highest BCUT2D eigenvalue weighted by molar-refractivity contribution is 9.10. The fourth-order valence-electron chi connectivity index (χ4n) is 1.55. The molecule has 0 saturated heterocycles. The Labute approximate surface area is 85.5 Å². The molecule has 0 aliphatic carbocycles. The minimum Gasteiger partial charge on any atom is -0.352 e. The van der Waals surface area contributed by atoms with Gasteiger partial charge in [-0.25, -0.2) is 0 Å². The van der Waals surface area contributed by atoms with Crippen molar-refractivity contribution in [2.45, 2.75) is 12.8 Å². The lowest BCUT2D eigenvalue weighted by atomic mass is 10.0. The number of halogens is 1. The van der Waals surface area contributed by atoms with Gasteiger partial charge in [-0.1, -0.05) is 22.0 Å². The summed E-state index contributed by atoms with van der Waals surface area (Å²) in [7, 11) is 0. The van der Waals surface area contributed by atoms with Crippen molar-refractivity contribution >= 4 is 21.8 Å². The number of benzene rings is 1. The number of carbonyl (C=O) groups excluding carboxylic acids is 1. The van der Waals surface area contributed by atoms with Crippen molar-refractivity contribution in [1.29, 1.82) is 0 Å². The molecule has 0 aromatic heterocycles. The van der Waals surface area contributed by atoms with Gasteiger partial charge in [-0.05, 0) is 30.5 Å². The quantitative estimate of drug-likeness (QED) is 0.739. The van der Waals surface area contributed by atoms with Crippen molar-refractivity contribution in [3.8, 4) is 0 Å². The second kappa shape index (κ2) is 3.50. The van der Waals surface area contributed by atoms with E-state index >= 15 is 0 Å². The highest BCUT2D eigenvalue weighted by Crippen LogP contribution is 2.19. The summed E-state index contributed by atoms with van der Waals surface area (Å²) in [5, 5.41) is 2.87. The summed E-state index contributed by atoms with van der Waals surface area (Å²) < 4.78 is 0.961. The highest BCUT2D eigenvalue weighted by Gasteiger charge is 2.14. The molecule has 0 bridgehead atoms. The minimum absolute atomic E-state index is 0.0498. The lowest BCUT2D eigenvalue weighted by Gasteiger charge is -2.03. The SMILES string of the molecule is O=C1NCCCc2ccc(Br)cc21. The second-order valence-electron chi connectivity index (χ2n) is 3.16. The molecular formula is C10H10BrNO. The fourth-order valence-corrected chi connectivity index (χ4v) is 1.92. The second-order valence-corrected chi connectivity index (χ2v) is 4.08. The van der Waals surface area contributed by atoms with Crippen molar-refractivity contribution in [2.24, 2.45) is 0 Å². The zero-order valence-electron chi connectivity index (χ0n) is 7.14. The fraction of sp³-hybridized carbons (Fsp3) is 0.300. The first-order valence-corrected chi connectivity index (χ1v) is 5.13. The van der Waals surface area contributed by atoms with Crippen molar-refractivity contribution in [3.63, 3.8) is 0 Å². The van der Waals surface area contributed by atoms with Crippen LogP contribution in [0.5, 0.6) is 0 Å². The predicted molar refractivity (Wildman–Crippen MR) is 54.8 cm³/mol. The third kappa shape index (κ3) is 1.75. The number of amides is 1. The molecular weight excluding hydrogens is 230 g/mol. The van der Waals surface area contributed by atoms with Crippen LogP contribution in [0.25, 0.3) is 0 Å². The van der Waals surface area contributed by atoms with Crippen LogP contribution in [0.3, 0.4) is 0 Å². The van der Waals surface area contributed by atoms with Crippen LogP contribution in [-0.4, -0.2) is 12.5 Å². The van der Waals surface area contributed by atoms with E-state index in [4.69, 9.17) is 0 Å². The maximum absolute atomic E-state index is 11.5. The molecule has 1 aliphatic rings. The molecule has 68 valence electrons. The van der Waals surface area contributed by atoms with Crippen LogP contribution in [0.2, 0.25) is 0 Å². The Morgan fingerprint density at radius 2 is 2.23 bits per heavy atom. The van der Waals surface area contributed by atoms with Crippen molar-refractivity contribution < 1.29 is 4.79 Å². The summed E-state index contributed by atoms with van der Waals surface area (Å²) in [6.07, 6.45) is 2.02. The molecule has 3 heteroatoms. The van der Waals surface area contributed by atoms with Crippen molar-refractivity contribution in [2.75, 3.05) is 6.54 Å². The van der Waals surface area contributed by atoms with E-state index < -0.39 is 0 Å². The lowest BCUT2D eigenvalue weighted by molar-refractivity contribution is 0.0956. The van der Waals surface area contributed by atoms with Crippen LogP contribution < -0.4 is 5.32 Å². The molecule has 1 aromatic carbocycles. The molecule has 1 N–H and O–H groups in total. The Morgan fingerprint density at radius 1 is 1.38 bits per heavy atom. The number of nitrogens with one attached hydrogen (secondary N) is 1. The summed E-state index contributed by atoms with van der Waals surface area (Å²) in [6, 6.07) is 5.89. The Balaban J connectivity index is 2.49. The molecule has 1 aliphatic heterocycles. The number of hydrogen-bond acceptors (Lipinski definition) is 1. The topological polar surface area (TPSA) is 29.1 Å². The first kappa shape index (κ1) is 8.75. The van der Waals surface area contributed by atoms with Gasteiger partial charge in [-0.15, -0.1) is 0 Å². The van der Waals surface area contributed by atoms with Crippen molar-refractivity contribution in [1.82, 2.24) is 5.32 Å². The lowest BCUT2D eigenvalue weighted by Crippen LogP contribution is -2.22. The monoisotopic (exact) mass is 239 g/mol. The van der Waals surface area contributed by atoms with Gasteiger partial charge in [0.05, 0.1) is 0 Å². The van der Waals surface area contributed by atoms with E-state index in [2.05, 4.69) is 21.2 Å². The van der Waals surface area contributed by atoms with Crippen LogP contribution >= 0.6 is 15.9 Å². The molecule has 1 heterocycles. The van der Waals surface area contributed by atoms with Gasteiger partial charge < -0.3 is 5.32 Å². The van der Waals surface area contributed by atoms with E-state index in [9.17, 15) is 4.79 Å². The third-order valence-corrected chi connectivity index (χ3v) is 2.72. The summed E-state index contributed by atoms with van der Waals surface area (Å²) in [5.41, 5.74) is 1.96. The Bertz CT molecular complexity index is 349. The Hall–Kier alpha value is -0.830. The summed E-state index contributed by atoms with van der Waals surface area (Å²) in [6.45, 7) is 0.783. The average Bonchev–Trinajstić information content (AvgIpc) is 2.29. The molecule has 0 fully saturated rings. The molecule has 13 heavy (non-hydrogen) atoms. The summed E-state index contributed by atoms with van der Waals surface area (Å²) in [5.74, 6) is 0.0498. The van der Waals surface area contributed by atoms with E-state index in [-0.39, 0.29) is 5.91 Å². The first-order chi connectivity index (χ1) is 6.27. The normalized spacial score (nSPS) is 15.9. The highest BCUT2D eigenvalue weighted by atomic mass is 79.9. The van der Waals surface area contributed by atoms with Crippen molar-refractivity contribution in [3.05, 3.63) is 33.8 Å². The van der Waals surface area contributed by atoms with Gasteiger partial charge in [-0.2, -0.15) is 0 Å². The third-order valence-electron chi connectivity index (χ3n) is 2.22. The van der Waals surface area contributed by atoms with E-state index in [1.807, 2.05) is 18.2 Å². The van der Waals surface area contributed by atoms with E-state index in [1.54, 1.807) is 0 Å². The van der Waals surface area contributed by atoms with E-state index in [0.29, 0.717) is 0 Å². The predicted octanol–water partition coefficient (Wildman–Crippen LogP) is 2.13.